The lowest BCUT2D eigenvalue weighted by molar-refractivity contribution is 0.689. The molecule has 1 aromatic rings. The average molecular weight is 257 g/mol. The SMILES string of the molecule is CC(C)CNc1cc(Br)ccc1N=O. The number of anilines is 1. The summed E-state index contributed by atoms with van der Waals surface area (Å²) in [5.74, 6) is 0.536. The van der Waals surface area contributed by atoms with Crippen molar-refractivity contribution in [2.45, 2.75) is 13.8 Å². The first-order valence-electron chi connectivity index (χ1n) is 4.50. The first-order valence-corrected chi connectivity index (χ1v) is 5.29. The van der Waals surface area contributed by atoms with Crippen molar-refractivity contribution in [2.75, 3.05) is 11.9 Å². The van der Waals surface area contributed by atoms with E-state index in [4.69, 9.17) is 0 Å². The maximum atomic E-state index is 10.5. The van der Waals surface area contributed by atoms with Gasteiger partial charge in [0.2, 0.25) is 0 Å². The molecule has 0 unspecified atom stereocenters. The zero-order valence-electron chi connectivity index (χ0n) is 8.25. The van der Waals surface area contributed by atoms with Crippen molar-refractivity contribution in [3.05, 3.63) is 27.6 Å². The van der Waals surface area contributed by atoms with Crippen LogP contribution in [-0.2, 0) is 0 Å². The summed E-state index contributed by atoms with van der Waals surface area (Å²) in [6.45, 7) is 5.05. The Morgan fingerprint density at radius 1 is 1.50 bits per heavy atom. The molecule has 0 bridgehead atoms. The van der Waals surface area contributed by atoms with Crippen LogP contribution in [0.25, 0.3) is 0 Å². The zero-order chi connectivity index (χ0) is 10.6. The van der Waals surface area contributed by atoms with Crippen molar-refractivity contribution in [2.24, 2.45) is 11.1 Å². The summed E-state index contributed by atoms with van der Waals surface area (Å²) >= 11 is 3.35. The van der Waals surface area contributed by atoms with E-state index < -0.39 is 0 Å². The number of benzene rings is 1. The maximum absolute atomic E-state index is 10.5. The van der Waals surface area contributed by atoms with Gasteiger partial charge in [-0.3, -0.25) is 0 Å². The van der Waals surface area contributed by atoms with Gasteiger partial charge >= 0.3 is 0 Å². The molecule has 14 heavy (non-hydrogen) atoms. The van der Waals surface area contributed by atoms with E-state index in [2.05, 4.69) is 40.3 Å². The normalized spacial score (nSPS) is 10.3. The summed E-state index contributed by atoms with van der Waals surface area (Å²) in [4.78, 5) is 10.5. The summed E-state index contributed by atoms with van der Waals surface area (Å²) in [6.07, 6.45) is 0. The van der Waals surface area contributed by atoms with Crippen LogP contribution in [0.2, 0.25) is 0 Å². The van der Waals surface area contributed by atoms with Crippen molar-refractivity contribution < 1.29 is 0 Å². The topological polar surface area (TPSA) is 41.5 Å². The van der Waals surface area contributed by atoms with E-state index in [-0.39, 0.29) is 0 Å². The van der Waals surface area contributed by atoms with Crippen LogP contribution in [0.3, 0.4) is 0 Å². The van der Waals surface area contributed by atoms with Crippen LogP contribution in [0, 0.1) is 10.8 Å². The van der Waals surface area contributed by atoms with Gasteiger partial charge in [-0.2, -0.15) is 0 Å². The summed E-state index contributed by atoms with van der Waals surface area (Å²) in [5, 5.41) is 6.14. The molecule has 4 heteroatoms. The van der Waals surface area contributed by atoms with E-state index in [1.54, 1.807) is 12.1 Å². The van der Waals surface area contributed by atoms with E-state index >= 15 is 0 Å². The number of nitrogens with zero attached hydrogens (tertiary/aromatic N) is 1. The van der Waals surface area contributed by atoms with Gasteiger partial charge in [0.1, 0.15) is 5.69 Å². The van der Waals surface area contributed by atoms with Gasteiger partial charge in [0.05, 0.1) is 5.69 Å². The van der Waals surface area contributed by atoms with E-state index in [1.807, 2.05) is 6.07 Å². The molecule has 0 spiro atoms. The lowest BCUT2D eigenvalue weighted by Crippen LogP contribution is -2.07. The van der Waals surface area contributed by atoms with Crippen molar-refractivity contribution >= 4 is 27.3 Å². The summed E-state index contributed by atoms with van der Waals surface area (Å²) in [6, 6.07) is 5.36. The van der Waals surface area contributed by atoms with Gasteiger partial charge in [-0.05, 0) is 29.3 Å². The molecule has 0 atom stereocenters. The van der Waals surface area contributed by atoms with Crippen LogP contribution < -0.4 is 5.32 Å². The van der Waals surface area contributed by atoms with Gasteiger partial charge < -0.3 is 5.32 Å². The van der Waals surface area contributed by atoms with Crippen LogP contribution in [-0.4, -0.2) is 6.54 Å². The summed E-state index contributed by atoms with van der Waals surface area (Å²) < 4.78 is 0.941. The molecule has 0 saturated carbocycles. The van der Waals surface area contributed by atoms with Crippen molar-refractivity contribution in [1.29, 1.82) is 0 Å². The third-order valence-electron chi connectivity index (χ3n) is 1.76. The van der Waals surface area contributed by atoms with Crippen molar-refractivity contribution in [3.63, 3.8) is 0 Å². The molecule has 1 N–H and O–H groups in total. The Hall–Kier alpha value is -0.900. The monoisotopic (exact) mass is 256 g/mol. The van der Waals surface area contributed by atoms with Crippen molar-refractivity contribution in [3.8, 4) is 0 Å². The van der Waals surface area contributed by atoms with E-state index in [0.717, 1.165) is 16.7 Å². The number of hydrogen-bond acceptors (Lipinski definition) is 3. The fourth-order valence-corrected chi connectivity index (χ4v) is 1.40. The first-order chi connectivity index (χ1) is 6.63. The minimum absolute atomic E-state index is 0.453. The predicted molar refractivity (Wildman–Crippen MR) is 62.9 cm³/mol. The number of rotatable bonds is 4. The molecular formula is C10H13BrN2O. The van der Waals surface area contributed by atoms with Gasteiger partial charge in [-0.25, -0.2) is 0 Å². The Morgan fingerprint density at radius 2 is 2.21 bits per heavy atom. The smallest absolute Gasteiger partial charge is 0.131 e. The molecule has 0 radical (unpaired) electrons. The van der Waals surface area contributed by atoms with Crippen LogP contribution >= 0.6 is 15.9 Å². The third kappa shape index (κ3) is 3.10. The van der Waals surface area contributed by atoms with E-state index in [9.17, 15) is 4.91 Å². The quantitative estimate of drug-likeness (QED) is 0.830. The highest BCUT2D eigenvalue weighted by Gasteiger charge is 2.03. The second-order valence-electron chi connectivity index (χ2n) is 3.53. The zero-order valence-corrected chi connectivity index (χ0v) is 9.84. The average Bonchev–Trinajstić information content (AvgIpc) is 2.15. The van der Waals surface area contributed by atoms with Gasteiger partial charge in [0.25, 0.3) is 0 Å². The number of nitrogens with one attached hydrogen (secondary N) is 1. The Labute approximate surface area is 92.0 Å². The lowest BCUT2D eigenvalue weighted by atomic mass is 10.2. The molecule has 0 aliphatic carbocycles. The Morgan fingerprint density at radius 3 is 2.79 bits per heavy atom. The highest BCUT2D eigenvalue weighted by molar-refractivity contribution is 9.10. The molecule has 0 saturated heterocycles. The molecular weight excluding hydrogens is 244 g/mol. The van der Waals surface area contributed by atoms with Crippen molar-refractivity contribution in [1.82, 2.24) is 0 Å². The molecule has 0 fully saturated rings. The summed E-state index contributed by atoms with van der Waals surface area (Å²) in [5.41, 5.74) is 1.23. The minimum Gasteiger partial charge on any atom is -0.383 e. The second-order valence-corrected chi connectivity index (χ2v) is 4.44. The van der Waals surface area contributed by atoms with Gasteiger partial charge in [-0.1, -0.05) is 29.8 Å². The molecule has 1 rings (SSSR count). The van der Waals surface area contributed by atoms with Gasteiger partial charge in [-0.15, -0.1) is 4.91 Å². The van der Waals surface area contributed by atoms with Gasteiger partial charge in [0, 0.05) is 11.0 Å². The molecule has 0 aliphatic rings. The Balaban J connectivity index is 2.82. The molecule has 76 valence electrons. The number of hydrogen-bond donors (Lipinski definition) is 1. The van der Waals surface area contributed by atoms with Crippen LogP contribution in [0.4, 0.5) is 11.4 Å². The summed E-state index contributed by atoms with van der Waals surface area (Å²) in [7, 11) is 0. The highest BCUT2D eigenvalue weighted by atomic mass is 79.9. The highest BCUT2D eigenvalue weighted by Crippen LogP contribution is 2.28. The standard InChI is InChI=1S/C10H13BrN2O/c1-7(2)6-12-10-5-8(11)3-4-9(10)13-14/h3-5,7,12H,6H2,1-2H3. The minimum atomic E-state index is 0.453. The molecule has 0 aliphatic heterocycles. The number of nitroso groups, excluding NO2 is 1. The fraction of sp³-hybridized carbons (Fsp3) is 0.400. The van der Waals surface area contributed by atoms with E-state index in [1.165, 1.54) is 0 Å². The van der Waals surface area contributed by atoms with Gasteiger partial charge in [0.15, 0.2) is 0 Å². The third-order valence-corrected chi connectivity index (χ3v) is 2.25. The Kier molecular flexibility index (Phi) is 4.07. The van der Waals surface area contributed by atoms with Crippen LogP contribution in [0.15, 0.2) is 27.8 Å². The first kappa shape index (κ1) is 11.2. The molecule has 0 heterocycles. The second kappa shape index (κ2) is 5.10. The number of halogens is 1. The predicted octanol–water partition coefficient (Wildman–Crippen LogP) is 3.91. The fourth-order valence-electron chi connectivity index (χ4n) is 1.04. The lowest BCUT2D eigenvalue weighted by Gasteiger charge is -2.10. The van der Waals surface area contributed by atoms with Crippen LogP contribution in [0.1, 0.15) is 13.8 Å². The van der Waals surface area contributed by atoms with Crippen LogP contribution in [0.5, 0.6) is 0 Å². The largest absolute Gasteiger partial charge is 0.383 e. The maximum Gasteiger partial charge on any atom is 0.131 e. The molecule has 0 amide bonds. The molecule has 0 aromatic heterocycles. The Bertz CT molecular complexity index is 326. The molecule has 3 nitrogen and oxygen atoms in total. The molecule has 1 aromatic carbocycles. The van der Waals surface area contributed by atoms with E-state index in [0.29, 0.717) is 11.6 Å².